The molecule has 100 valence electrons. The lowest BCUT2D eigenvalue weighted by molar-refractivity contribution is 0.0999. The number of primary amides is 1. The molecule has 0 aliphatic heterocycles. The van der Waals surface area contributed by atoms with Crippen molar-refractivity contribution >= 4 is 38.4 Å². The second kappa shape index (κ2) is 4.64. The Kier molecular flexibility index (Phi) is 2.94. The summed E-state index contributed by atoms with van der Waals surface area (Å²) >= 11 is 3.35. The third kappa shape index (κ3) is 1.94. The van der Waals surface area contributed by atoms with E-state index in [9.17, 15) is 4.79 Å². The minimum absolute atomic E-state index is 0.389. The van der Waals surface area contributed by atoms with Gasteiger partial charge in [0.1, 0.15) is 0 Å². The predicted molar refractivity (Wildman–Crippen MR) is 81.7 cm³/mol. The third-order valence-electron chi connectivity index (χ3n) is 3.06. The number of amides is 1. The molecule has 0 atom stereocenters. The fourth-order valence-electron chi connectivity index (χ4n) is 2.16. The van der Waals surface area contributed by atoms with Crippen LogP contribution in [0.25, 0.3) is 16.6 Å². The molecule has 0 aliphatic carbocycles. The zero-order valence-corrected chi connectivity index (χ0v) is 12.0. The maximum Gasteiger partial charge on any atom is 0.252 e. The van der Waals surface area contributed by atoms with Gasteiger partial charge in [0.05, 0.1) is 23.0 Å². The van der Waals surface area contributed by atoms with Crippen molar-refractivity contribution in [2.45, 2.75) is 0 Å². The number of halogens is 1. The zero-order chi connectivity index (χ0) is 14.3. The first-order valence-corrected chi connectivity index (χ1v) is 6.69. The number of hydrogen-bond donors (Lipinski definition) is 2. The van der Waals surface area contributed by atoms with Crippen LogP contribution >= 0.6 is 15.9 Å². The molecule has 6 heteroatoms. The van der Waals surface area contributed by atoms with E-state index in [4.69, 9.17) is 11.5 Å². The van der Waals surface area contributed by atoms with Crippen molar-refractivity contribution in [3.63, 3.8) is 0 Å². The number of nitrogen functional groups attached to an aromatic ring is 1. The van der Waals surface area contributed by atoms with Crippen LogP contribution in [0.4, 0.5) is 5.69 Å². The quantitative estimate of drug-likeness (QED) is 0.707. The van der Waals surface area contributed by atoms with Crippen LogP contribution in [0.5, 0.6) is 0 Å². The summed E-state index contributed by atoms with van der Waals surface area (Å²) in [5.74, 6) is -0.514. The molecule has 3 aromatic rings. The van der Waals surface area contributed by atoms with Crippen LogP contribution in [-0.2, 0) is 0 Å². The maximum absolute atomic E-state index is 11.7. The molecular formula is C14H11BrN4O. The number of anilines is 1. The molecule has 0 spiro atoms. The summed E-state index contributed by atoms with van der Waals surface area (Å²) in [5, 5.41) is 5.26. The molecule has 4 N–H and O–H groups in total. The van der Waals surface area contributed by atoms with Gasteiger partial charge in [0.25, 0.3) is 5.91 Å². The smallest absolute Gasteiger partial charge is 0.252 e. The Morgan fingerprint density at radius 1 is 1.25 bits per heavy atom. The normalized spacial score (nSPS) is 10.8. The first-order valence-electron chi connectivity index (χ1n) is 5.90. The summed E-state index contributed by atoms with van der Waals surface area (Å²) < 4.78 is 2.30. The zero-order valence-electron chi connectivity index (χ0n) is 10.4. The Morgan fingerprint density at radius 3 is 2.80 bits per heavy atom. The molecule has 0 saturated carbocycles. The first kappa shape index (κ1) is 12.7. The highest BCUT2D eigenvalue weighted by molar-refractivity contribution is 9.10. The van der Waals surface area contributed by atoms with Gasteiger partial charge in [-0.15, -0.1) is 0 Å². The lowest BCUT2D eigenvalue weighted by Crippen LogP contribution is -2.16. The van der Waals surface area contributed by atoms with E-state index in [1.165, 1.54) is 0 Å². The van der Waals surface area contributed by atoms with Crippen molar-refractivity contribution in [1.29, 1.82) is 0 Å². The highest BCUT2D eigenvalue weighted by atomic mass is 79.9. The number of nitrogens with two attached hydrogens (primary N) is 2. The van der Waals surface area contributed by atoms with E-state index in [-0.39, 0.29) is 0 Å². The van der Waals surface area contributed by atoms with Crippen LogP contribution in [-0.4, -0.2) is 15.7 Å². The lowest BCUT2D eigenvalue weighted by Gasteiger charge is -2.10. The van der Waals surface area contributed by atoms with Crippen molar-refractivity contribution in [2.75, 3.05) is 5.73 Å². The van der Waals surface area contributed by atoms with E-state index >= 15 is 0 Å². The Hall–Kier alpha value is -2.34. The molecule has 1 amide bonds. The Morgan fingerprint density at radius 2 is 2.05 bits per heavy atom. The molecule has 20 heavy (non-hydrogen) atoms. The fraction of sp³-hybridized carbons (Fsp3) is 0. The van der Waals surface area contributed by atoms with E-state index in [2.05, 4.69) is 21.0 Å². The van der Waals surface area contributed by atoms with Crippen molar-refractivity contribution in [1.82, 2.24) is 9.78 Å². The number of carbonyl (C=O) groups excluding carboxylic acids is 1. The summed E-state index contributed by atoms with van der Waals surface area (Å²) in [6.07, 6.45) is 1.72. The molecule has 0 bridgehead atoms. The summed E-state index contributed by atoms with van der Waals surface area (Å²) in [6, 6.07) is 10.9. The number of carbonyl (C=O) groups is 1. The Labute approximate surface area is 123 Å². The van der Waals surface area contributed by atoms with E-state index in [0.29, 0.717) is 21.4 Å². The monoisotopic (exact) mass is 330 g/mol. The summed E-state index contributed by atoms with van der Waals surface area (Å²) in [5.41, 5.74) is 13.7. The van der Waals surface area contributed by atoms with Gasteiger partial charge in [0.15, 0.2) is 0 Å². The second-order valence-electron chi connectivity index (χ2n) is 4.37. The number of aromatic nitrogens is 2. The molecule has 2 aromatic carbocycles. The Bertz CT molecular complexity index is 825. The number of hydrogen-bond acceptors (Lipinski definition) is 3. The van der Waals surface area contributed by atoms with E-state index in [0.717, 1.165) is 10.9 Å². The van der Waals surface area contributed by atoms with Crippen LogP contribution in [0, 0.1) is 0 Å². The largest absolute Gasteiger partial charge is 0.399 e. The van der Waals surface area contributed by atoms with E-state index < -0.39 is 5.91 Å². The lowest BCUT2D eigenvalue weighted by atomic mass is 10.1. The van der Waals surface area contributed by atoms with Crippen molar-refractivity contribution < 1.29 is 4.79 Å². The predicted octanol–water partition coefficient (Wildman–Crippen LogP) is 2.47. The average Bonchev–Trinajstić information content (AvgIpc) is 2.80. The van der Waals surface area contributed by atoms with Crippen LogP contribution in [0.15, 0.2) is 47.1 Å². The minimum atomic E-state index is -0.514. The van der Waals surface area contributed by atoms with Gasteiger partial charge in [-0.1, -0.05) is 6.07 Å². The molecule has 0 fully saturated rings. The molecule has 1 heterocycles. The molecule has 0 radical (unpaired) electrons. The molecule has 0 saturated heterocycles. The summed E-state index contributed by atoms with van der Waals surface area (Å²) in [4.78, 5) is 11.7. The molecular weight excluding hydrogens is 320 g/mol. The molecule has 1 aromatic heterocycles. The van der Waals surface area contributed by atoms with Gasteiger partial charge in [-0.05, 0) is 46.3 Å². The van der Waals surface area contributed by atoms with Crippen molar-refractivity contribution in [3.05, 3.63) is 52.6 Å². The van der Waals surface area contributed by atoms with Gasteiger partial charge in [-0.3, -0.25) is 4.79 Å². The molecule has 0 aliphatic rings. The van der Waals surface area contributed by atoms with Gasteiger partial charge in [0.2, 0.25) is 0 Å². The number of benzene rings is 2. The van der Waals surface area contributed by atoms with Crippen molar-refractivity contribution in [2.24, 2.45) is 5.73 Å². The standard InChI is InChI=1S/C14H11BrN4O/c15-10-2-1-3-11(13(10)14(17)20)19-12-6-9(16)5-4-8(12)7-18-19/h1-7H,16H2,(H2,17,20). The van der Waals surface area contributed by atoms with E-state index in [1.54, 1.807) is 23.0 Å². The summed E-state index contributed by atoms with van der Waals surface area (Å²) in [6.45, 7) is 0. The third-order valence-corrected chi connectivity index (χ3v) is 3.72. The van der Waals surface area contributed by atoms with Crippen LogP contribution in [0.3, 0.4) is 0 Å². The highest BCUT2D eigenvalue weighted by Gasteiger charge is 2.16. The second-order valence-corrected chi connectivity index (χ2v) is 5.23. The maximum atomic E-state index is 11.7. The van der Waals surface area contributed by atoms with Gasteiger partial charge < -0.3 is 11.5 Å². The van der Waals surface area contributed by atoms with Crippen LogP contribution in [0.1, 0.15) is 10.4 Å². The number of fused-ring (bicyclic) bond motifs is 1. The van der Waals surface area contributed by atoms with Crippen LogP contribution in [0.2, 0.25) is 0 Å². The molecule has 3 rings (SSSR count). The van der Waals surface area contributed by atoms with Gasteiger partial charge in [-0.2, -0.15) is 5.10 Å². The van der Waals surface area contributed by atoms with Gasteiger partial charge in [-0.25, -0.2) is 4.68 Å². The SMILES string of the molecule is NC(=O)c1c(Br)cccc1-n1ncc2ccc(N)cc21. The number of rotatable bonds is 2. The van der Waals surface area contributed by atoms with Crippen molar-refractivity contribution in [3.8, 4) is 5.69 Å². The topological polar surface area (TPSA) is 86.9 Å². The average molecular weight is 331 g/mol. The fourth-order valence-corrected chi connectivity index (χ4v) is 2.71. The van der Waals surface area contributed by atoms with E-state index in [1.807, 2.05) is 24.3 Å². The first-order chi connectivity index (χ1) is 9.58. The van der Waals surface area contributed by atoms with Crippen LogP contribution < -0.4 is 11.5 Å². The number of nitrogens with zero attached hydrogens (tertiary/aromatic N) is 2. The minimum Gasteiger partial charge on any atom is -0.399 e. The molecule has 0 unspecified atom stereocenters. The highest BCUT2D eigenvalue weighted by Crippen LogP contribution is 2.27. The Balaban J connectivity index is 2.34. The molecule has 5 nitrogen and oxygen atoms in total. The summed E-state index contributed by atoms with van der Waals surface area (Å²) in [7, 11) is 0. The van der Waals surface area contributed by atoms with Gasteiger partial charge in [0, 0.05) is 15.5 Å². The van der Waals surface area contributed by atoms with Gasteiger partial charge >= 0.3 is 0 Å².